The van der Waals surface area contributed by atoms with Gasteiger partial charge in [0, 0.05) is 29.6 Å². The first-order valence-electron chi connectivity index (χ1n) is 12.4. The number of carbonyl (C=O) groups is 2. The molecule has 7 heteroatoms. The molecular formula is C30H32N4O3. The highest BCUT2D eigenvalue weighted by Crippen LogP contribution is 2.27. The van der Waals surface area contributed by atoms with Gasteiger partial charge in [-0.15, -0.1) is 0 Å². The number of likely N-dealkylation sites (N-methyl/N-ethyl adjacent to an activating group) is 1. The molecule has 0 aliphatic rings. The van der Waals surface area contributed by atoms with E-state index in [-0.39, 0.29) is 18.4 Å². The predicted molar refractivity (Wildman–Crippen MR) is 146 cm³/mol. The van der Waals surface area contributed by atoms with Crippen LogP contribution in [0.15, 0.2) is 85.1 Å². The number of nitrogens with zero attached hydrogens (tertiary/aromatic N) is 3. The van der Waals surface area contributed by atoms with E-state index in [1.165, 1.54) is 10.5 Å². The van der Waals surface area contributed by atoms with Gasteiger partial charge in [-0.2, -0.15) is 0 Å². The average Bonchev–Trinajstić information content (AvgIpc) is 3.35. The van der Waals surface area contributed by atoms with E-state index in [1.807, 2.05) is 72.3 Å². The van der Waals surface area contributed by atoms with Crippen LogP contribution >= 0.6 is 0 Å². The van der Waals surface area contributed by atoms with Crippen LogP contribution < -0.4 is 10.1 Å². The van der Waals surface area contributed by atoms with Gasteiger partial charge in [0.05, 0.1) is 12.8 Å². The van der Waals surface area contributed by atoms with Crippen LogP contribution in [-0.4, -0.2) is 46.5 Å². The molecule has 3 aromatic carbocycles. The van der Waals surface area contributed by atoms with Crippen molar-refractivity contribution >= 4 is 17.8 Å². The number of anilines is 1. The lowest BCUT2D eigenvalue weighted by atomic mass is 10.0. The number of benzene rings is 3. The lowest BCUT2D eigenvalue weighted by Crippen LogP contribution is -2.38. The van der Waals surface area contributed by atoms with Crippen molar-refractivity contribution in [2.45, 2.75) is 26.7 Å². The zero-order valence-corrected chi connectivity index (χ0v) is 21.6. The fourth-order valence-corrected chi connectivity index (χ4v) is 4.01. The quantitative estimate of drug-likeness (QED) is 0.319. The third-order valence-corrected chi connectivity index (χ3v) is 6.20. The van der Waals surface area contributed by atoms with Crippen LogP contribution in [0.5, 0.6) is 5.75 Å². The molecule has 190 valence electrons. The van der Waals surface area contributed by atoms with E-state index in [2.05, 4.69) is 31.3 Å². The average molecular weight is 497 g/mol. The minimum absolute atomic E-state index is 0.0821. The third kappa shape index (κ3) is 6.06. The lowest BCUT2D eigenvalue weighted by Gasteiger charge is -2.20. The van der Waals surface area contributed by atoms with Gasteiger partial charge in [-0.05, 0) is 66.9 Å². The number of amides is 2. The Hall–Kier alpha value is -4.39. The summed E-state index contributed by atoms with van der Waals surface area (Å²) in [5.41, 5.74) is 4.25. The first-order valence-corrected chi connectivity index (χ1v) is 12.4. The lowest BCUT2D eigenvalue weighted by molar-refractivity contribution is -0.116. The molecule has 0 unspecified atom stereocenters. The molecule has 4 aromatic rings. The van der Waals surface area contributed by atoms with Crippen LogP contribution in [-0.2, 0) is 4.79 Å². The van der Waals surface area contributed by atoms with Crippen LogP contribution in [0.2, 0.25) is 0 Å². The van der Waals surface area contributed by atoms with Crippen LogP contribution in [0.1, 0.15) is 42.6 Å². The largest absolute Gasteiger partial charge is 0.497 e. The molecule has 0 saturated carbocycles. The van der Waals surface area contributed by atoms with Crippen molar-refractivity contribution in [1.82, 2.24) is 14.5 Å². The van der Waals surface area contributed by atoms with Crippen LogP contribution in [0.25, 0.3) is 16.9 Å². The first-order chi connectivity index (χ1) is 17.9. The maximum atomic E-state index is 13.1. The molecule has 0 bridgehead atoms. The first kappa shape index (κ1) is 25.7. The van der Waals surface area contributed by atoms with Crippen molar-refractivity contribution in [3.05, 3.63) is 96.2 Å². The van der Waals surface area contributed by atoms with Crippen LogP contribution in [0.3, 0.4) is 0 Å². The summed E-state index contributed by atoms with van der Waals surface area (Å²) in [6.45, 7) is 6.48. The van der Waals surface area contributed by atoms with Gasteiger partial charge in [-0.3, -0.25) is 19.5 Å². The Morgan fingerprint density at radius 1 is 0.973 bits per heavy atom. The number of imidazole rings is 1. The normalized spacial score (nSPS) is 10.8. The summed E-state index contributed by atoms with van der Waals surface area (Å²) in [4.78, 5) is 32.2. The molecule has 0 aliphatic heterocycles. The van der Waals surface area contributed by atoms with Crippen molar-refractivity contribution in [3.63, 3.8) is 0 Å². The van der Waals surface area contributed by atoms with Gasteiger partial charge in [0.1, 0.15) is 12.3 Å². The number of nitrogens with one attached hydrogen (secondary N) is 1. The summed E-state index contributed by atoms with van der Waals surface area (Å²) < 4.78 is 7.13. The Morgan fingerprint density at radius 2 is 1.65 bits per heavy atom. The summed E-state index contributed by atoms with van der Waals surface area (Å²) in [7, 11) is 1.63. The van der Waals surface area contributed by atoms with E-state index < -0.39 is 0 Å². The molecule has 37 heavy (non-hydrogen) atoms. The topological polar surface area (TPSA) is 76.5 Å². The summed E-state index contributed by atoms with van der Waals surface area (Å²) in [6.07, 6.45) is 1.90. The SMILES string of the molecule is CCN(CC(=O)Nc1nc(-c2ccc(OC)cc2)cn1-c1ccc(C(C)C)cc1)C(=O)c1ccccc1. The number of methoxy groups -OCH3 is 1. The molecule has 0 aliphatic carbocycles. The Bertz CT molecular complexity index is 1340. The van der Waals surface area contributed by atoms with Gasteiger partial charge >= 0.3 is 0 Å². The second-order valence-electron chi connectivity index (χ2n) is 9.03. The minimum atomic E-state index is -0.321. The highest BCUT2D eigenvalue weighted by atomic mass is 16.5. The molecule has 0 fully saturated rings. The molecule has 0 radical (unpaired) electrons. The molecule has 1 aromatic heterocycles. The number of aromatic nitrogens is 2. The highest BCUT2D eigenvalue weighted by molar-refractivity contribution is 5.99. The van der Waals surface area contributed by atoms with E-state index in [0.29, 0.717) is 29.7 Å². The van der Waals surface area contributed by atoms with Gasteiger partial charge in [-0.1, -0.05) is 44.2 Å². The van der Waals surface area contributed by atoms with E-state index in [1.54, 1.807) is 19.2 Å². The van der Waals surface area contributed by atoms with Crippen LogP contribution in [0.4, 0.5) is 5.95 Å². The molecule has 7 nitrogen and oxygen atoms in total. The summed E-state index contributed by atoms with van der Waals surface area (Å²) in [5.74, 6) is 1.04. The molecule has 0 spiro atoms. The number of ether oxygens (including phenoxy) is 1. The van der Waals surface area contributed by atoms with Gasteiger partial charge in [0.15, 0.2) is 0 Å². The van der Waals surface area contributed by atoms with E-state index >= 15 is 0 Å². The molecular weight excluding hydrogens is 464 g/mol. The summed E-state index contributed by atoms with van der Waals surface area (Å²) >= 11 is 0. The van der Waals surface area contributed by atoms with Crippen molar-refractivity contribution in [3.8, 4) is 22.7 Å². The van der Waals surface area contributed by atoms with Crippen LogP contribution in [0, 0.1) is 0 Å². The van der Waals surface area contributed by atoms with Gasteiger partial charge in [-0.25, -0.2) is 4.98 Å². The van der Waals surface area contributed by atoms with E-state index in [4.69, 9.17) is 9.72 Å². The number of hydrogen-bond acceptors (Lipinski definition) is 4. The van der Waals surface area contributed by atoms with Crippen molar-refractivity contribution in [2.75, 3.05) is 25.5 Å². The monoisotopic (exact) mass is 496 g/mol. The van der Waals surface area contributed by atoms with Gasteiger partial charge in [0.2, 0.25) is 11.9 Å². The second-order valence-corrected chi connectivity index (χ2v) is 9.03. The highest BCUT2D eigenvalue weighted by Gasteiger charge is 2.20. The summed E-state index contributed by atoms with van der Waals surface area (Å²) in [5, 5.41) is 2.92. The maximum absolute atomic E-state index is 13.1. The molecule has 1 heterocycles. The molecule has 0 atom stereocenters. The Balaban J connectivity index is 1.62. The van der Waals surface area contributed by atoms with Crippen molar-refractivity contribution in [1.29, 1.82) is 0 Å². The fraction of sp³-hybridized carbons (Fsp3) is 0.233. The van der Waals surface area contributed by atoms with Gasteiger partial charge < -0.3 is 9.64 Å². The zero-order valence-electron chi connectivity index (χ0n) is 21.6. The van der Waals surface area contributed by atoms with E-state index in [0.717, 1.165) is 17.0 Å². The molecule has 2 amide bonds. The second kappa shape index (κ2) is 11.6. The summed E-state index contributed by atoms with van der Waals surface area (Å²) in [6, 6.07) is 24.8. The Morgan fingerprint density at radius 3 is 2.24 bits per heavy atom. The standard InChI is InChI=1S/C30H32N4O3/c1-5-33(29(36)24-9-7-6-8-10-24)20-28(35)32-30-31-27(23-13-17-26(37-4)18-14-23)19-34(30)25-15-11-22(12-16-25)21(2)3/h6-19,21H,5,20H2,1-4H3,(H,31,32,35). The van der Waals surface area contributed by atoms with E-state index in [9.17, 15) is 9.59 Å². The van der Waals surface area contributed by atoms with Crippen molar-refractivity contribution in [2.24, 2.45) is 0 Å². The van der Waals surface area contributed by atoms with Crippen molar-refractivity contribution < 1.29 is 14.3 Å². The Labute approximate surface area is 217 Å². The molecule has 4 rings (SSSR count). The minimum Gasteiger partial charge on any atom is -0.497 e. The smallest absolute Gasteiger partial charge is 0.254 e. The Kier molecular flexibility index (Phi) is 8.03. The van der Waals surface area contributed by atoms with Gasteiger partial charge in [0.25, 0.3) is 5.91 Å². The molecule has 0 saturated heterocycles. The zero-order chi connectivity index (χ0) is 26.4. The predicted octanol–water partition coefficient (Wildman–Crippen LogP) is 5.77. The maximum Gasteiger partial charge on any atom is 0.254 e. The fourth-order valence-electron chi connectivity index (χ4n) is 4.01. The number of carbonyl (C=O) groups excluding carboxylic acids is 2. The number of rotatable bonds is 9. The molecule has 1 N–H and O–H groups in total. The third-order valence-electron chi connectivity index (χ3n) is 6.20. The number of hydrogen-bond donors (Lipinski definition) is 1.